The summed E-state index contributed by atoms with van der Waals surface area (Å²) < 4.78 is 2.04. The number of thiazole rings is 1. The number of rotatable bonds is 8. The van der Waals surface area contributed by atoms with Gasteiger partial charge in [-0.25, -0.2) is 4.98 Å². The number of β-lactam (4-membered cyclic amide) rings is 1. The van der Waals surface area contributed by atoms with Gasteiger partial charge in [0.1, 0.15) is 25.9 Å². The second kappa shape index (κ2) is 10.3. The van der Waals surface area contributed by atoms with E-state index >= 15 is 0 Å². The zero-order chi connectivity index (χ0) is 26.3. The number of fused-ring (bicyclic) bond motifs is 2. The van der Waals surface area contributed by atoms with E-state index in [1.165, 1.54) is 35.5 Å². The number of nitrogen functional groups attached to an aromatic ring is 1. The van der Waals surface area contributed by atoms with Gasteiger partial charge in [0.05, 0.1) is 23.1 Å². The number of aryl methyl sites for hydroxylation is 1. The molecule has 11 nitrogen and oxygen atoms in total. The van der Waals surface area contributed by atoms with Crippen LogP contribution in [0.1, 0.15) is 5.69 Å². The van der Waals surface area contributed by atoms with Crippen LogP contribution >= 0.6 is 46.2 Å². The van der Waals surface area contributed by atoms with Crippen LogP contribution in [0.25, 0.3) is 10.2 Å². The van der Waals surface area contributed by atoms with Gasteiger partial charge in [0, 0.05) is 32.8 Å². The lowest BCUT2D eigenvalue weighted by Gasteiger charge is -2.51. The number of thiophene rings is 1. The van der Waals surface area contributed by atoms with Crippen LogP contribution in [0.2, 0.25) is 0 Å². The summed E-state index contributed by atoms with van der Waals surface area (Å²) in [4.78, 5) is 50.7. The van der Waals surface area contributed by atoms with Crippen LogP contribution in [0.5, 0.6) is 0 Å². The predicted octanol–water partition coefficient (Wildman–Crippen LogP) is 0.311. The number of nitrogens with two attached hydrogens (primary N) is 1. The van der Waals surface area contributed by atoms with Crippen LogP contribution in [0.4, 0.5) is 5.13 Å². The summed E-state index contributed by atoms with van der Waals surface area (Å²) in [6.07, 6.45) is 1.96. The first kappa shape index (κ1) is 25.5. The average molecular weight is 577 g/mol. The van der Waals surface area contributed by atoms with Gasteiger partial charge in [0.2, 0.25) is 0 Å². The van der Waals surface area contributed by atoms with Gasteiger partial charge in [-0.1, -0.05) is 16.5 Å². The number of carboxylic acid groups (broad SMARTS) is 1. The summed E-state index contributed by atoms with van der Waals surface area (Å²) in [6.45, 7) is 0. The van der Waals surface area contributed by atoms with Crippen molar-refractivity contribution in [1.82, 2.24) is 15.2 Å². The highest BCUT2D eigenvalue weighted by molar-refractivity contribution is 8.06. The van der Waals surface area contributed by atoms with Crippen molar-refractivity contribution in [2.75, 3.05) is 24.3 Å². The van der Waals surface area contributed by atoms with Gasteiger partial charge in [-0.05, 0) is 11.4 Å². The molecule has 0 bridgehead atoms. The second-order valence-electron chi connectivity index (χ2n) is 8.01. The third-order valence-corrected chi connectivity index (χ3v) is 9.99. The Morgan fingerprint density at radius 3 is 2.92 bits per heavy atom. The number of carboxylic acids is 1. The predicted molar refractivity (Wildman–Crippen MR) is 141 cm³/mol. The van der Waals surface area contributed by atoms with Crippen molar-refractivity contribution in [2.45, 2.75) is 17.0 Å². The smallest absolute Gasteiger partial charge is 0.276 e. The lowest BCUT2D eigenvalue weighted by atomic mass is 9.94. The van der Waals surface area contributed by atoms with Crippen LogP contribution in [0, 0.1) is 0 Å². The topological polar surface area (TPSA) is 154 Å². The largest absolute Gasteiger partial charge is 0.543 e. The summed E-state index contributed by atoms with van der Waals surface area (Å²) in [6, 6.07) is 2.58. The minimum Gasteiger partial charge on any atom is -0.543 e. The lowest BCUT2D eigenvalue weighted by Crippen LogP contribution is -2.73. The zero-order valence-electron chi connectivity index (χ0n) is 19.5. The van der Waals surface area contributed by atoms with Crippen LogP contribution in [-0.2, 0) is 26.3 Å². The quantitative estimate of drug-likeness (QED) is 0.127. The standard InChI is InChI=1S/C22H20N6O5S4/c1-27-5-3-13(10-4-6-34-20(10)27)36-9-14-17(21(31)32)28-12(8-35-14)16(19(28)30)25-18(29)15(26-33-2)11-7-37-22(23)24-11/h3-7,12,16H,8-9H2,1-2H3,(H3-,23,24,25,29,31,32)/b26-15-/t12-,16+/m1/s1. The Hall–Kier alpha value is -3.14. The van der Waals surface area contributed by atoms with Crippen molar-refractivity contribution >= 4 is 85.0 Å². The highest BCUT2D eigenvalue weighted by atomic mass is 32.2. The first-order valence-corrected chi connectivity index (χ1v) is 14.6. The molecule has 192 valence electrons. The van der Waals surface area contributed by atoms with E-state index in [9.17, 15) is 19.5 Å². The molecule has 0 saturated carbocycles. The fraction of sp³-hybridized carbons (Fsp3) is 0.273. The third-order valence-electron chi connectivity index (χ3n) is 5.83. The molecule has 5 rings (SSSR count). The molecule has 0 aliphatic carbocycles. The number of carbonyl (C=O) groups is 3. The molecule has 3 aromatic heterocycles. The maximum absolute atomic E-state index is 13.0. The van der Waals surface area contributed by atoms with Crippen LogP contribution in [0.3, 0.4) is 0 Å². The van der Waals surface area contributed by atoms with Crippen molar-refractivity contribution in [1.29, 1.82) is 0 Å². The van der Waals surface area contributed by atoms with E-state index in [4.69, 9.17) is 10.6 Å². The fourth-order valence-electron chi connectivity index (χ4n) is 4.13. The Kier molecular flexibility index (Phi) is 7.11. The molecule has 3 aromatic rings. The van der Waals surface area contributed by atoms with Crippen LogP contribution in [0.15, 0.2) is 49.7 Å². The molecule has 0 spiro atoms. The summed E-state index contributed by atoms with van der Waals surface area (Å²) in [7, 11) is 3.26. The SMILES string of the molecule is CO/N=C(\C(=O)N[C@@H]1C(=O)N2C(C(=O)[O-])=C(CSc3cc[n+](C)c4sccc34)SC[C@H]12)c1csc(N)n1. The summed E-state index contributed by atoms with van der Waals surface area (Å²) in [5.74, 6) is -1.84. The number of hydrogen-bond acceptors (Lipinski definition) is 12. The molecule has 1 fully saturated rings. The Labute approximate surface area is 227 Å². The maximum Gasteiger partial charge on any atom is 0.276 e. The number of hydrogen-bond donors (Lipinski definition) is 2. The fourth-order valence-corrected chi connectivity index (χ4v) is 8.05. The Balaban J connectivity index is 1.33. The minimum atomic E-state index is -1.43. The number of nitrogens with zero attached hydrogens (tertiary/aromatic N) is 4. The molecular formula is C22H20N6O5S4. The molecule has 15 heteroatoms. The van der Waals surface area contributed by atoms with Crippen molar-refractivity contribution in [3.63, 3.8) is 0 Å². The monoisotopic (exact) mass is 576 g/mol. The minimum absolute atomic E-state index is 0.131. The van der Waals surface area contributed by atoms with Gasteiger partial charge in [-0.3, -0.25) is 9.59 Å². The van der Waals surface area contributed by atoms with E-state index in [2.05, 4.69) is 15.5 Å². The first-order valence-electron chi connectivity index (χ1n) is 10.8. The lowest BCUT2D eigenvalue weighted by molar-refractivity contribution is -0.643. The van der Waals surface area contributed by atoms with Gasteiger partial charge in [0.15, 0.2) is 17.0 Å². The molecule has 2 aliphatic heterocycles. The van der Waals surface area contributed by atoms with E-state index in [1.807, 2.05) is 35.3 Å². The summed E-state index contributed by atoms with van der Waals surface area (Å²) in [5, 5.41) is 23.4. The molecule has 37 heavy (non-hydrogen) atoms. The Bertz CT molecular complexity index is 1480. The van der Waals surface area contributed by atoms with Crippen molar-refractivity contribution in [3.05, 3.63) is 45.4 Å². The van der Waals surface area contributed by atoms with Gasteiger partial charge in [-0.2, -0.15) is 4.57 Å². The normalized spacial score (nSPS) is 19.6. The van der Waals surface area contributed by atoms with Gasteiger partial charge >= 0.3 is 0 Å². The first-order chi connectivity index (χ1) is 17.8. The van der Waals surface area contributed by atoms with E-state index in [0.717, 1.165) is 26.4 Å². The van der Waals surface area contributed by atoms with Crippen molar-refractivity contribution < 1.29 is 28.9 Å². The van der Waals surface area contributed by atoms with Gasteiger partial charge in [-0.15, -0.1) is 34.9 Å². The average Bonchev–Trinajstić information content (AvgIpc) is 3.54. The number of anilines is 1. The summed E-state index contributed by atoms with van der Waals surface area (Å²) in [5.41, 5.74) is 5.59. The van der Waals surface area contributed by atoms with E-state index in [1.54, 1.807) is 16.7 Å². The Morgan fingerprint density at radius 1 is 1.41 bits per heavy atom. The molecule has 2 amide bonds. The number of oxime groups is 1. The molecule has 5 heterocycles. The number of carbonyl (C=O) groups excluding carboxylic acids is 3. The number of pyridine rings is 1. The second-order valence-corrected chi connectivity index (χ2v) is 11.9. The number of amides is 2. The molecule has 0 unspecified atom stereocenters. The molecule has 1 saturated heterocycles. The van der Waals surface area contributed by atoms with Crippen LogP contribution < -0.4 is 20.7 Å². The molecule has 0 radical (unpaired) electrons. The van der Waals surface area contributed by atoms with E-state index in [0.29, 0.717) is 16.4 Å². The summed E-state index contributed by atoms with van der Waals surface area (Å²) >= 11 is 5.62. The highest BCUT2D eigenvalue weighted by Gasteiger charge is 2.52. The van der Waals surface area contributed by atoms with E-state index in [-0.39, 0.29) is 22.2 Å². The molecule has 3 N–H and O–H groups in total. The molecule has 0 aromatic carbocycles. The van der Waals surface area contributed by atoms with Crippen molar-refractivity contribution in [3.8, 4) is 0 Å². The maximum atomic E-state index is 13.0. The van der Waals surface area contributed by atoms with Crippen molar-refractivity contribution in [2.24, 2.45) is 12.2 Å². The van der Waals surface area contributed by atoms with E-state index < -0.39 is 29.9 Å². The number of aromatic nitrogens is 2. The van der Waals surface area contributed by atoms with Crippen LogP contribution in [-0.4, -0.2) is 64.1 Å². The third kappa shape index (κ3) is 4.67. The number of nitrogens with one attached hydrogen (secondary N) is 1. The molecular weight excluding hydrogens is 557 g/mol. The highest BCUT2D eigenvalue weighted by Crippen LogP contribution is 2.41. The molecule has 2 atom stereocenters. The Morgan fingerprint density at radius 2 is 2.22 bits per heavy atom. The van der Waals surface area contributed by atoms with Gasteiger partial charge in [0.25, 0.3) is 16.6 Å². The zero-order valence-corrected chi connectivity index (χ0v) is 22.8. The molecule has 2 aliphatic rings. The number of thioether (sulfide) groups is 2. The van der Waals surface area contributed by atoms with Gasteiger partial charge < -0.3 is 30.7 Å². The number of aliphatic carboxylic acids is 1.